The van der Waals surface area contributed by atoms with Crippen molar-refractivity contribution in [2.75, 3.05) is 39.4 Å². The molecule has 2 aliphatic heterocycles. The number of rotatable bonds is 38. The van der Waals surface area contributed by atoms with Gasteiger partial charge in [-0.1, -0.05) is 97.9 Å². The van der Waals surface area contributed by atoms with Crippen molar-refractivity contribution in [1.82, 2.24) is 58.1 Å². The number of carbonyl (C=O) groups excluding carboxylic acids is 14. The van der Waals surface area contributed by atoms with Crippen LogP contribution in [0.2, 0.25) is 0 Å². The number of benzene rings is 1. The zero-order chi connectivity index (χ0) is 89.9. The molecule has 0 bridgehead atoms. The van der Waals surface area contributed by atoms with Crippen LogP contribution < -0.4 is 53.2 Å². The molecule has 2 heterocycles. The lowest BCUT2D eigenvalue weighted by molar-refractivity contribution is -0.140. The molecule has 0 saturated carbocycles. The van der Waals surface area contributed by atoms with Crippen molar-refractivity contribution < 1.29 is 96.0 Å². The van der Waals surface area contributed by atoms with Gasteiger partial charge in [-0.2, -0.15) is 0 Å². The van der Waals surface area contributed by atoms with Gasteiger partial charge in [-0.05, 0) is 222 Å². The Hall–Kier alpha value is -9.81. The molecule has 5 rings (SSSR count). The zero-order valence-electron chi connectivity index (χ0n) is 74.5. The molecule has 4 aliphatic rings. The van der Waals surface area contributed by atoms with E-state index in [1.54, 1.807) is 123 Å². The Kier molecular flexibility index (Phi) is 43.7. The highest BCUT2D eigenvalue weighted by atomic mass is 16.6. The van der Waals surface area contributed by atoms with Crippen LogP contribution in [0.1, 0.15) is 241 Å². The average molecular weight is 1670 g/mol. The number of hydrogen-bond acceptors (Lipinski definition) is 20. The normalized spacial score (nSPS) is 18.6. The maximum Gasteiger partial charge on any atom is 0.410 e. The summed E-state index contributed by atoms with van der Waals surface area (Å²) >= 11 is 0. The number of ether oxygens (including phenoxy) is 4. The Balaban J connectivity index is 0.000000483. The maximum atomic E-state index is 13.5. The van der Waals surface area contributed by atoms with Crippen LogP contribution in [-0.4, -0.2) is 204 Å². The summed E-state index contributed by atoms with van der Waals surface area (Å²) in [5.74, 6) is -5.20. The van der Waals surface area contributed by atoms with E-state index in [1.807, 2.05) is 58.0 Å². The number of aliphatic carboxylic acids is 1. The molecular formula is C88H139N11O20. The van der Waals surface area contributed by atoms with Crippen molar-refractivity contribution >= 4 is 88.9 Å². The second-order valence-electron chi connectivity index (χ2n) is 34.8. The highest BCUT2D eigenvalue weighted by Gasteiger charge is 2.41. The lowest BCUT2D eigenvalue weighted by atomic mass is 9.75. The first-order valence-electron chi connectivity index (χ1n) is 42.1. The number of alkyl carbamates (subject to hydrolysis) is 3. The molecule has 1 aromatic rings. The van der Waals surface area contributed by atoms with Crippen LogP contribution in [-0.2, 0) is 78.1 Å². The molecule has 2 fully saturated rings. The van der Waals surface area contributed by atoms with E-state index in [9.17, 15) is 77.0 Å². The first-order chi connectivity index (χ1) is 55.5. The Bertz CT molecular complexity index is 3790. The van der Waals surface area contributed by atoms with Gasteiger partial charge >= 0.3 is 30.3 Å². The quantitative estimate of drug-likeness (QED) is 0.0127. The number of amides is 10. The summed E-state index contributed by atoms with van der Waals surface area (Å²) in [6.45, 7) is 40.9. The van der Waals surface area contributed by atoms with Gasteiger partial charge in [-0.15, -0.1) is 0 Å². The smallest absolute Gasteiger partial charge is 0.410 e. The number of likely N-dealkylation sites (tertiary alicyclic amines) is 1. The van der Waals surface area contributed by atoms with Gasteiger partial charge in [0.2, 0.25) is 35.4 Å². The fraction of sp³-hybridized carbons (Fsp3) is 0.670. The molecule has 1 aromatic carbocycles. The van der Waals surface area contributed by atoms with Gasteiger partial charge in [0, 0.05) is 71.4 Å². The summed E-state index contributed by atoms with van der Waals surface area (Å²) in [6, 6.07) is 4.22. The van der Waals surface area contributed by atoms with Gasteiger partial charge in [-0.3, -0.25) is 57.6 Å². The summed E-state index contributed by atoms with van der Waals surface area (Å²) in [5.41, 5.74) is 2.45. The number of carboxylic acids is 1. The van der Waals surface area contributed by atoms with E-state index in [0.717, 1.165) is 18.5 Å². The minimum Gasteiger partial charge on any atom is -0.481 e. The van der Waals surface area contributed by atoms with Crippen LogP contribution >= 0.6 is 0 Å². The van der Waals surface area contributed by atoms with E-state index in [0.29, 0.717) is 117 Å². The molecule has 0 radical (unpaired) electrons. The first-order valence-corrected chi connectivity index (χ1v) is 42.1. The fourth-order valence-electron chi connectivity index (χ4n) is 13.5. The first kappa shape index (κ1) is 103. The third-order valence-electron chi connectivity index (χ3n) is 20.3. The van der Waals surface area contributed by atoms with Crippen molar-refractivity contribution in [3.63, 3.8) is 0 Å². The number of ketones is 4. The summed E-state index contributed by atoms with van der Waals surface area (Å²) in [7, 11) is 0. The van der Waals surface area contributed by atoms with Gasteiger partial charge in [-0.25, -0.2) is 19.2 Å². The van der Waals surface area contributed by atoms with E-state index < -0.39 is 101 Å². The number of carbonyl (C=O) groups is 15. The van der Waals surface area contributed by atoms with Crippen LogP contribution in [0.25, 0.3) is 0 Å². The topological polar surface area (TPSA) is 437 Å². The largest absolute Gasteiger partial charge is 0.481 e. The van der Waals surface area contributed by atoms with Crippen molar-refractivity contribution in [2.45, 2.75) is 308 Å². The summed E-state index contributed by atoms with van der Waals surface area (Å²) in [6.07, 6.45) is 7.42. The molecule has 10 atom stereocenters. The maximum absolute atomic E-state index is 13.5. The molecule has 0 spiro atoms. The molecule has 11 N–H and O–H groups in total. The fourth-order valence-corrected chi connectivity index (χ4v) is 13.5. The minimum absolute atomic E-state index is 0.0254. The van der Waals surface area contributed by atoms with Crippen LogP contribution in [0.4, 0.5) is 19.2 Å². The molecule has 119 heavy (non-hydrogen) atoms. The second-order valence-corrected chi connectivity index (χ2v) is 34.8. The van der Waals surface area contributed by atoms with Gasteiger partial charge < -0.3 is 77.2 Å². The lowest BCUT2D eigenvalue weighted by Crippen LogP contribution is -2.58. The second kappa shape index (κ2) is 50.3. The Labute approximate surface area is 704 Å². The van der Waals surface area contributed by atoms with E-state index in [4.69, 9.17) is 18.9 Å². The van der Waals surface area contributed by atoms with E-state index in [1.165, 1.54) is 4.90 Å². The summed E-state index contributed by atoms with van der Waals surface area (Å²) in [5, 5.41) is 37.5. The number of nitrogens with zero attached hydrogens (tertiary/aromatic N) is 1. The third-order valence-corrected chi connectivity index (χ3v) is 20.3. The van der Waals surface area contributed by atoms with Gasteiger partial charge in [0.1, 0.15) is 41.4 Å². The molecular weight excluding hydrogens is 1530 g/mol. The van der Waals surface area contributed by atoms with Gasteiger partial charge in [0.05, 0.1) is 31.2 Å². The van der Waals surface area contributed by atoms with E-state index in [-0.39, 0.29) is 122 Å². The van der Waals surface area contributed by atoms with Crippen LogP contribution in [0, 0.1) is 35.5 Å². The van der Waals surface area contributed by atoms with Crippen molar-refractivity contribution in [2.24, 2.45) is 35.5 Å². The standard InChI is InChI=1S/C36H59N5O9.C31H49N5O7.C21H31NO4/c1-20(2)28(40-32(45)27-16-12-18-41(27)35(48)50-36(8,9)10)33(46)39-26(31(44)38-21(3)4)15-11-17-37-34(47)49-19-13-14-25-24(7)29(42)22(5)23(6)30(25)43;1-17(2)25(36-28(39)23-12-8-14-32-23)30(41)35-24(29(40)34-18(3)4)13-9-15-33-31(42)43-16-10-11-22-21(7)26(37)19(5)20(6)27(22)38;1-15(2)13-18(22-20(25)26-21(3,4)5)12-11-17(19(23)24)14-16-9-7-6-8-10-16/h20-23,26-28H,11-19H2,1-10H3,(H,37,47)(H,38,44)(H,39,46)(H,40,45);17-18,23-25,32H,8-16H2,1-7H3,(H,33,42)(H,34,40)(H,35,41)(H,36,39);6-12,15,17-18H,13-14H2,1-5H3,(H,22,25)(H,23,24)/b;;12-11+/t22?,23?,26-,27-,28-;23-,24-,25-;17-,18-/m001/s1. The number of Topliss-reactive ketones (excluding diaryl/α,β-unsaturated/α-hetero) is 4. The molecule has 10 amide bonds. The number of allylic oxidation sites excluding steroid dienone is 6. The van der Waals surface area contributed by atoms with Crippen LogP contribution in [0.15, 0.2) is 75.9 Å². The molecule has 2 aliphatic carbocycles. The van der Waals surface area contributed by atoms with E-state index >= 15 is 0 Å². The molecule has 666 valence electrons. The van der Waals surface area contributed by atoms with Crippen LogP contribution in [0.5, 0.6) is 0 Å². The van der Waals surface area contributed by atoms with Gasteiger partial charge in [0.15, 0.2) is 23.1 Å². The number of carboxylic acid groups (broad SMARTS) is 1. The molecule has 2 saturated heterocycles. The Morgan fingerprint density at radius 3 is 1.49 bits per heavy atom. The van der Waals surface area contributed by atoms with Crippen molar-refractivity contribution in [3.05, 3.63) is 81.5 Å². The monoisotopic (exact) mass is 1670 g/mol. The summed E-state index contributed by atoms with van der Waals surface area (Å²) < 4.78 is 21.2. The van der Waals surface area contributed by atoms with E-state index in [2.05, 4.69) is 67.0 Å². The highest BCUT2D eigenvalue weighted by Crippen LogP contribution is 2.32. The average Bonchev–Trinajstić information content (AvgIpc) is 1.31. The number of nitrogens with one attached hydrogen (secondary N) is 10. The van der Waals surface area contributed by atoms with Crippen molar-refractivity contribution in [3.8, 4) is 0 Å². The SMILES string of the molecule is CC(C)C[C@@H](/C=C/[C@H](Cc1ccccc1)C(=O)O)NC(=O)OC(C)(C)C.CC1=C(C)C(=O)C(CCCOC(=O)NCCC[C@H](NC(=O)[C@@H](NC(=O)[C@@H]2CCCN2)C(C)C)C(=O)NC(C)C)=C(C)C1=O.CC1=C(CCCOC(=O)NCCC[C@H](NC(=O)[C@@H](NC(=O)[C@@H]2CCCN2C(=O)OC(C)(C)C)C(C)C)C(=O)NC(C)C)C(=O)C(C)C(C)C1=O. The lowest BCUT2D eigenvalue weighted by Gasteiger charge is -2.30. The molecule has 31 nitrogen and oxygen atoms in total. The highest BCUT2D eigenvalue weighted by molar-refractivity contribution is 6.24. The summed E-state index contributed by atoms with van der Waals surface area (Å²) in [4.78, 5) is 191. The Morgan fingerprint density at radius 2 is 1.03 bits per heavy atom. The zero-order valence-corrected chi connectivity index (χ0v) is 74.5. The molecule has 31 heteroatoms. The third kappa shape index (κ3) is 36.8. The Morgan fingerprint density at radius 1 is 0.538 bits per heavy atom. The minimum atomic E-state index is -0.973. The molecule has 0 aromatic heterocycles. The van der Waals surface area contributed by atoms with Gasteiger partial charge in [0.25, 0.3) is 0 Å². The predicted molar refractivity (Wildman–Crippen MR) is 452 cm³/mol. The predicted octanol–water partition coefficient (Wildman–Crippen LogP) is 9.97. The molecule has 2 unspecified atom stereocenters. The number of hydrogen-bond donors (Lipinski definition) is 11. The van der Waals surface area contributed by atoms with Crippen molar-refractivity contribution in [1.29, 1.82) is 0 Å². The van der Waals surface area contributed by atoms with Crippen LogP contribution in [0.3, 0.4) is 0 Å².